The quantitative estimate of drug-likeness (QED) is 0.199. The highest BCUT2D eigenvalue weighted by Crippen LogP contribution is 2.55. The van der Waals surface area contributed by atoms with Gasteiger partial charge in [0, 0.05) is 31.4 Å². The van der Waals surface area contributed by atoms with E-state index in [-0.39, 0.29) is 0 Å². The van der Waals surface area contributed by atoms with E-state index in [0.717, 1.165) is 28.0 Å². The van der Waals surface area contributed by atoms with Crippen LogP contribution in [0.5, 0.6) is 0 Å². The summed E-state index contributed by atoms with van der Waals surface area (Å²) in [7, 11) is -3.04. The van der Waals surface area contributed by atoms with Crippen LogP contribution in [0, 0.1) is 0 Å². The largest absolute Gasteiger partial charge is 0.309 e. The third-order valence-electron chi connectivity index (χ3n) is 8.12. The zero-order valence-corrected chi connectivity index (χ0v) is 24.0. The molecule has 1 aliphatic carbocycles. The van der Waals surface area contributed by atoms with Gasteiger partial charge in [0.25, 0.3) is 0 Å². The number of fused-ring (bicyclic) bond motifs is 3. The minimum absolute atomic E-state index is 0.835. The lowest BCUT2D eigenvalue weighted by atomic mass is 9.92. The second kappa shape index (κ2) is 9.66. The van der Waals surface area contributed by atoms with E-state index in [1.807, 2.05) is 72.4 Å². The fraction of sp³-hybridized carbons (Fsp3) is 0.0270. The van der Waals surface area contributed by atoms with Gasteiger partial charge in [0.05, 0.1) is 11.4 Å². The summed E-state index contributed by atoms with van der Waals surface area (Å²) >= 11 is 1.87. The Kier molecular flexibility index (Phi) is 5.77. The van der Waals surface area contributed by atoms with Crippen molar-refractivity contribution in [3.05, 3.63) is 151 Å². The molecule has 41 heavy (non-hydrogen) atoms. The molecule has 1 heterocycles. The Morgan fingerprint density at radius 1 is 0.634 bits per heavy atom. The summed E-state index contributed by atoms with van der Waals surface area (Å²) < 4.78 is 14.9. The van der Waals surface area contributed by atoms with Crippen LogP contribution in [0.2, 0.25) is 0 Å². The zero-order valence-electron chi connectivity index (χ0n) is 22.3. The molecule has 0 saturated carbocycles. The highest BCUT2D eigenvalue weighted by atomic mass is 32.2. The molecule has 0 bridgehead atoms. The Bertz CT molecular complexity index is 1970. The van der Waals surface area contributed by atoms with Gasteiger partial charge < -0.3 is 9.46 Å². The smallest absolute Gasteiger partial charge is 0.171 e. The van der Waals surface area contributed by atoms with Crippen molar-refractivity contribution >= 4 is 68.7 Å². The van der Waals surface area contributed by atoms with Gasteiger partial charge in [0.2, 0.25) is 0 Å². The summed E-state index contributed by atoms with van der Waals surface area (Å²) in [5.74, 6) is 0. The minimum atomic E-state index is -3.04. The molecular weight excluding hydrogens is 537 g/mol. The fourth-order valence-corrected chi connectivity index (χ4v) is 10.1. The number of hydrogen-bond donors (Lipinski definition) is 0. The zero-order chi connectivity index (χ0) is 27.4. The van der Waals surface area contributed by atoms with Crippen LogP contribution in [0.1, 0.15) is 11.1 Å². The maximum atomic E-state index is 14.9. The summed E-state index contributed by atoms with van der Waals surface area (Å²) in [5, 5.41) is 5.15. The number of hydrogen-bond acceptors (Lipinski definition) is 3. The van der Waals surface area contributed by atoms with Crippen LogP contribution in [0.15, 0.2) is 149 Å². The number of anilines is 3. The highest BCUT2D eigenvalue weighted by molar-refractivity contribution is 7.99. The lowest BCUT2D eigenvalue weighted by Gasteiger charge is -2.35. The van der Waals surface area contributed by atoms with Gasteiger partial charge in [-0.25, -0.2) is 0 Å². The number of allylic oxidation sites excluding steroid dienone is 1. The molecule has 8 rings (SSSR count). The van der Waals surface area contributed by atoms with Gasteiger partial charge in [0.1, 0.15) is 0 Å². The molecule has 1 aliphatic heterocycles. The van der Waals surface area contributed by atoms with E-state index in [9.17, 15) is 4.57 Å². The molecule has 0 aromatic heterocycles. The van der Waals surface area contributed by atoms with Crippen LogP contribution in [0.3, 0.4) is 0 Å². The summed E-state index contributed by atoms with van der Waals surface area (Å²) in [6, 6.07) is 45.7. The van der Waals surface area contributed by atoms with Crippen LogP contribution >= 0.6 is 18.9 Å². The van der Waals surface area contributed by atoms with Gasteiger partial charge in [-0.15, -0.1) is 0 Å². The molecule has 0 fully saturated rings. The molecule has 2 aliphatic rings. The predicted octanol–water partition coefficient (Wildman–Crippen LogP) is 8.98. The monoisotopic (exact) mass is 563 g/mol. The van der Waals surface area contributed by atoms with Crippen LogP contribution in [0.25, 0.3) is 16.8 Å². The third-order valence-corrected chi connectivity index (χ3v) is 12.4. The molecule has 0 saturated heterocycles. The summed E-state index contributed by atoms with van der Waals surface area (Å²) in [4.78, 5) is 4.93. The third kappa shape index (κ3) is 3.84. The number of benzene rings is 6. The maximum absolute atomic E-state index is 14.9. The van der Waals surface area contributed by atoms with Crippen LogP contribution in [-0.4, -0.2) is 0 Å². The van der Waals surface area contributed by atoms with E-state index in [1.54, 1.807) is 0 Å². The molecule has 0 N–H and O–H groups in total. The molecule has 6 aromatic rings. The summed E-state index contributed by atoms with van der Waals surface area (Å²) in [6.07, 6.45) is 5.45. The predicted molar refractivity (Wildman–Crippen MR) is 175 cm³/mol. The average Bonchev–Trinajstić information content (AvgIpc) is 3.05. The van der Waals surface area contributed by atoms with E-state index in [4.69, 9.17) is 0 Å². The van der Waals surface area contributed by atoms with Crippen molar-refractivity contribution in [1.29, 1.82) is 0 Å². The SMILES string of the molecule is O=P(c1ccccc1)(c1ccccc1)c1ccc(N2c3ccccc3Sc3c2cc2cccc4c2c3CC=C4)cc1. The molecule has 0 radical (unpaired) electrons. The van der Waals surface area contributed by atoms with E-state index in [1.165, 1.54) is 43.1 Å². The Balaban J connectivity index is 1.31. The van der Waals surface area contributed by atoms with E-state index >= 15 is 0 Å². The summed E-state index contributed by atoms with van der Waals surface area (Å²) in [5.41, 5.74) is 6.12. The number of nitrogens with zero attached hydrogens (tertiary/aromatic N) is 1. The van der Waals surface area contributed by atoms with Gasteiger partial charge in [-0.05, 0) is 70.8 Å². The summed E-state index contributed by atoms with van der Waals surface area (Å²) in [6.45, 7) is 0. The van der Waals surface area contributed by atoms with Crippen LogP contribution < -0.4 is 20.8 Å². The van der Waals surface area contributed by atoms with Crippen molar-refractivity contribution in [3.8, 4) is 0 Å². The number of para-hydroxylation sites is 1. The topological polar surface area (TPSA) is 20.3 Å². The minimum Gasteiger partial charge on any atom is -0.309 e. The average molecular weight is 564 g/mol. The van der Waals surface area contributed by atoms with E-state index in [2.05, 4.69) is 89.8 Å². The molecule has 196 valence electrons. The highest BCUT2D eigenvalue weighted by Gasteiger charge is 2.32. The normalized spacial score (nSPS) is 13.6. The van der Waals surface area contributed by atoms with Crippen molar-refractivity contribution in [3.63, 3.8) is 0 Å². The Morgan fingerprint density at radius 2 is 1.29 bits per heavy atom. The lowest BCUT2D eigenvalue weighted by molar-refractivity contribution is 0.592. The standard InChI is InChI=1S/C37H26NOPS/c39-40(29-14-3-1-4-15-29,30-16-5-2-6-17-30)31-23-21-28(22-24-31)38-33-19-7-8-20-35(33)41-37-32-18-10-12-26-11-9-13-27(36(26)32)25-34(37)38/h1-17,19-25H,18H2. The first-order chi connectivity index (χ1) is 20.2. The Hall–Kier alpha value is -4.30. The Labute approximate surface area is 244 Å². The first-order valence-corrected chi connectivity index (χ1v) is 16.4. The first-order valence-electron chi connectivity index (χ1n) is 13.9. The molecule has 0 atom stereocenters. The molecule has 0 unspecified atom stereocenters. The fourth-order valence-electron chi connectivity index (χ4n) is 6.24. The van der Waals surface area contributed by atoms with Gasteiger partial charge in [-0.1, -0.05) is 115 Å². The van der Waals surface area contributed by atoms with Gasteiger partial charge in [0.15, 0.2) is 7.14 Å². The van der Waals surface area contributed by atoms with Crippen molar-refractivity contribution in [2.45, 2.75) is 16.2 Å². The number of rotatable bonds is 4. The van der Waals surface area contributed by atoms with Gasteiger partial charge in [-0.3, -0.25) is 0 Å². The van der Waals surface area contributed by atoms with Crippen molar-refractivity contribution < 1.29 is 4.57 Å². The molecule has 6 aromatic carbocycles. The molecular formula is C37H26NOPS. The van der Waals surface area contributed by atoms with E-state index in [0.29, 0.717) is 0 Å². The maximum Gasteiger partial charge on any atom is 0.171 e. The van der Waals surface area contributed by atoms with Gasteiger partial charge >= 0.3 is 0 Å². The second-order valence-corrected chi connectivity index (χ2v) is 14.3. The Morgan fingerprint density at radius 3 is 2.02 bits per heavy atom. The van der Waals surface area contributed by atoms with Gasteiger partial charge in [-0.2, -0.15) is 0 Å². The first kappa shape index (κ1) is 24.5. The molecule has 0 amide bonds. The van der Waals surface area contributed by atoms with E-state index < -0.39 is 7.14 Å². The van der Waals surface area contributed by atoms with Crippen molar-refractivity contribution in [1.82, 2.24) is 0 Å². The van der Waals surface area contributed by atoms with Crippen LogP contribution in [-0.2, 0) is 11.0 Å². The molecule has 4 heteroatoms. The van der Waals surface area contributed by atoms with Crippen molar-refractivity contribution in [2.75, 3.05) is 4.90 Å². The lowest BCUT2D eigenvalue weighted by Crippen LogP contribution is -2.25. The molecule has 2 nitrogen and oxygen atoms in total. The van der Waals surface area contributed by atoms with Crippen molar-refractivity contribution in [2.24, 2.45) is 0 Å². The molecule has 0 spiro atoms. The second-order valence-electron chi connectivity index (χ2n) is 10.5. The van der Waals surface area contributed by atoms with Crippen LogP contribution in [0.4, 0.5) is 17.1 Å².